The molecule has 0 aliphatic carbocycles. The van der Waals surface area contributed by atoms with Crippen molar-refractivity contribution in [2.45, 2.75) is 11.8 Å². The van der Waals surface area contributed by atoms with Crippen LogP contribution in [0.3, 0.4) is 0 Å². The first-order valence-corrected chi connectivity index (χ1v) is 10.3. The number of anilines is 1. The third kappa shape index (κ3) is 3.86. The van der Waals surface area contributed by atoms with Gasteiger partial charge in [-0.2, -0.15) is 5.10 Å². The van der Waals surface area contributed by atoms with Crippen molar-refractivity contribution < 1.29 is 13.2 Å². The lowest BCUT2D eigenvalue weighted by molar-refractivity contribution is 0.102. The van der Waals surface area contributed by atoms with Crippen LogP contribution in [0.25, 0.3) is 5.69 Å². The van der Waals surface area contributed by atoms with E-state index in [-0.39, 0.29) is 22.2 Å². The average Bonchev–Trinajstić information content (AvgIpc) is 3.08. The Hall–Kier alpha value is -2.45. The number of carbonyl (C=O) groups is 1. The van der Waals surface area contributed by atoms with Gasteiger partial charge in [0.1, 0.15) is 0 Å². The Labute approximate surface area is 159 Å². The molecule has 0 unspecified atom stereocenters. The summed E-state index contributed by atoms with van der Waals surface area (Å²) in [4.78, 5) is 12.6. The zero-order chi connectivity index (χ0) is 18.7. The molecular weight excluding hydrogens is 418 g/mol. The number of nitrogens with zero attached hydrogens (tertiary/aromatic N) is 2. The lowest BCUT2D eigenvalue weighted by atomic mass is 10.2. The minimum atomic E-state index is -3.43. The van der Waals surface area contributed by atoms with E-state index < -0.39 is 9.84 Å². The van der Waals surface area contributed by atoms with E-state index in [4.69, 9.17) is 0 Å². The van der Waals surface area contributed by atoms with Crippen LogP contribution >= 0.6 is 15.9 Å². The summed E-state index contributed by atoms with van der Waals surface area (Å²) >= 11 is 3.34. The fourth-order valence-corrected chi connectivity index (χ4v) is 3.74. The van der Waals surface area contributed by atoms with Gasteiger partial charge in [-0.25, -0.2) is 13.1 Å². The highest BCUT2D eigenvalue weighted by atomic mass is 79.9. The Balaban J connectivity index is 1.83. The normalized spacial score (nSPS) is 11.3. The SMILES string of the molecule is CCS(=O)(=O)c1ccccc1NC(=O)c1ccc(-n2cc(Br)cn2)cc1. The molecular formula is C18H16BrN3O3S. The number of halogens is 1. The van der Waals surface area contributed by atoms with Gasteiger partial charge in [-0.3, -0.25) is 4.79 Å². The molecule has 0 aliphatic rings. The molecule has 26 heavy (non-hydrogen) atoms. The molecule has 3 rings (SSSR count). The van der Waals surface area contributed by atoms with E-state index in [1.165, 1.54) is 6.07 Å². The largest absolute Gasteiger partial charge is 0.321 e. The molecule has 0 saturated heterocycles. The second kappa shape index (κ2) is 7.43. The van der Waals surface area contributed by atoms with Crippen molar-refractivity contribution >= 4 is 37.4 Å². The van der Waals surface area contributed by atoms with Gasteiger partial charge >= 0.3 is 0 Å². The van der Waals surface area contributed by atoms with Gasteiger partial charge < -0.3 is 5.32 Å². The van der Waals surface area contributed by atoms with Crippen LogP contribution in [-0.2, 0) is 9.84 Å². The van der Waals surface area contributed by atoms with E-state index in [0.29, 0.717) is 5.56 Å². The van der Waals surface area contributed by atoms with Crippen molar-refractivity contribution in [3.8, 4) is 5.69 Å². The van der Waals surface area contributed by atoms with Crippen molar-refractivity contribution in [2.24, 2.45) is 0 Å². The summed E-state index contributed by atoms with van der Waals surface area (Å²) in [6, 6.07) is 13.3. The highest BCUT2D eigenvalue weighted by Crippen LogP contribution is 2.23. The van der Waals surface area contributed by atoms with Crippen molar-refractivity contribution in [2.75, 3.05) is 11.1 Å². The summed E-state index contributed by atoms with van der Waals surface area (Å²) in [6.07, 6.45) is 3.48. The lowest BCUT2D eigenvalue weighted by Gasteiger charge is -2.11. The van der Waals surface area contributed by atoms with Crippen molar-refractivity contribution in [3.63, 3.8) is 0 Å². The second-order valence-corrected chi connectivity index (χ2v) is 8.67. The number of amides is 1. The maximum absolute atomic E-state index is 12.5. The number of carbonyl (C=O) groups excluding carboxylic acids is 1. The molecule has 0 bridgehead atoms. The molecule has 0 spiro atoms. The standard InChI is InChI=1S/C18H16BrN3O3S/c1-2-26(24,25)17-6-4-3-5-16(17)21-18(23)13-7-9-15(10-8-13)22-12-14(19)11-20-22/h3-12H,2H2,1H3,(H,21,23). The minimum Gasteiger partial charge on any atom is -0.321 e. The van der Waals surface area contributed by atoms with Gasteiger partial charge in [0.05, 0.1) is 32.7 Å². The predicted molar refractivity (Wildman–Crippen MR) is 103 cm³/mol. The number of nitrogens with one attached hydrogen (secondary N) is 1. The fraction of sp³-hybridized carbons (Fsp3) is 0.111. The van der Waals surface area contributed by atoms with Gasteiger partial charge in [0, 0.05) is 11.8 Å². The molecule has 1 amide bonds. The predicted octanol–water partition coefficient (Wildman–Crippen LogP) is 3.68. The van der Waals surface area contributed by atoms with Crippen molar-refractivity contribution in [3.05, 3.63) is 71.0 Å². The Bertz CT molecular complexity index is 1040. The van der Waals surface area contributed by atoms with Crippen LogP contribution in [-0.4, -0.2) is 29.9 Å². The first-order chi connectivity index (χ1) is 12.4. The van der Waals surface area contributed by atoms with E-state index in [1.807, 2.05) is 0 Å². The number of hydrogen-bond donors (Lipinski definition) is 1. The van der Waals surface area contributed by atoms with Gasteiger partial charge in [-0.15, -0.1) is 0 Å². The van der Waals surface area contributed by atoms with E-state index in [9.17, 15) is 13.2 Å². The van der Waals surface area contributed by atoms with Crippen LogP contribution in [0, 0.1) is 0 Å². The molecule has 1 N–H and O–H groups in total. The number of hydrogen-bond acceptors (Lipinski definition) is 4. The van der Waals surface area contributed by atoms with E-state index in [2.05, 4.69) is 26.3 Å². The Morgan fingerprint density at radius 2 is 1.85 bits per heavy atom. The highest BCUT2D eigenvalue weighted by Gasteiger charge is 2.18. The summed E-state index contributed by atoms with van der Waals surface area (Å²) in [7, 11) is -3.43. The molecule has 134 valence electrons. The molecule has 0 aliphatic heterocycles. The molecule has 0 atom stereocenters. The summed E-state index contributed by atoms with van der Waals surface area (Å²) < 4.78 is 26.9. The van der Waals surface area contributed by atoms with Crippen LogP contribution in [0.5, 0.6) is 0 Å². The quantitative estimate of drug-likeness (QED) is 0.665. The number of sulfone groups is 1. The zero-order valence-corrected chi connectivity index (χ0v) is 16.3. The average molecular weight is 434 g/mol. The molecule has 1 aromatic heterocycles. The van der Waals surface area contributed by atoms with Gasteiger partial charge in [0.15, 0.2) is 9.84 Å². The van der Waals surface area contributed by atoms with Gasteiger partial charge in [0.25, 0.3) is 5.91 Å². The molecule has 6 nitrogen and oxygen atoms in total. The lowest BCUT2D eigenvalue weighted by Crippen LogP contribution is -2.15. The van der Waals surface area contributed by atoms with Crippen LogP contribution in [0.4, 0.5) is 5.69 Å². The van der Waals surface area contributed by atoms with Crippen LogP contribution in [0.1, 0.15) is 17.3 Å². The van der Waals surface area contributed by atoms with Crippen LogP contribution in [0.2, 0.25) is 0 Å². The molecule has 2 aromatic carbocycles. The molecule has 0 fully saturated rings. The monoisotopic (exact) mass is 433 g/mol. The third-order valence-corrected chi connectivity index (χ3v) is 5.99. The van der Waals surface area contributed by atoms with Crippen molar-refractivity contribution in [1.82, 2.24) is 9.78 Å². The highest BCUT2D eigenvalue weighted by molar-refractivity contribution is 9.10. The van der Waals surface area contributed by atoms with E-state index in [1.54, 1.807) is 66.5 Å². The topological polar surface area (TPSA) is 81.1 Å². The zero-order valence-electron chi connectivity index (χ0n) is 13.9. The number of aromatic nitrogens is 2. The van der Waals surface area contributed by atoms with Crippen LogP contribution < -0.4 is 5.32 Å². The number of benzene rings is 2. The van der Waals surface area contributed by atoms with Gasteiger partial charge in [-0.1, -0.05) is 19.1 Å². The van der Waals surface area contributed by atoms with Crippen LogP contribution in [0.15, 0.2) is 70.3 Å². The van der Waals surface area contributed by atoms with Gasteiger partial charge in [-0.05, 0) is 52.3 Å². The van der Waals surface area contributed by atoms with E-state index >= 15 is 0 Å². The van der Waals surface area contributed by atoms with Crippen molar-refractivity contribution in [1.29, 1.82) is 0 Å². The Kier molecular flexibility index (Phi) is 5.24. The number of rotatable bonds is 5. The Morgan fingerprint density at radius 3 is 2.46 bits per heavy atom. The summed E-state index contributed by atoms with van der Waals surface area (Å²) in [5, 5.41) is 6.86. The third-order valence-electron chi connectivity index (χ3n) is 3.80. The maximum Gasteiger partial charge on any atom is 0.255 e. The summed E-state index contributed by atoms with van der Waals surface area (Å²) in [5.41, 5.74) is 1.50. The first-order valence-electron chi connectivity index (χ1n) is 7.84. The number of para-hydroxylation sites is 1. The smallest absolute Gasteiger partial charge is 0.255 e. The fourth-order valence-electron chi connectivity index (χ4n) is 2.40. The molecule has 0 radical (unpaired) electrons. The maximum atomic E-state index is 12.5. The molecule has 1 heterocycles. The van der Waals surface area contributed by atoms with Gasteiger partial charge in [0.2, 0.25) is 0 Å². The molecule has 8 heteroatoms. The summed E-state index contributed by atoms with van der Waals surface area (Å²) in [6.45, 7) is 1.57. The molecule has 3 aromatic rings. The second-order valence-electron chi connectivity index (χ2n) is 5.50. The van der Waals surface area contributed by atoms with E-state index in [0.717, 1.165) is 10.2 Å². The Morgan fingerprint density at radius 1 is 1.15 bits per heavy atom. The summed E-state index contributed by atoms with van der Waals surface area (Å²) in [5.74, 6) is -0.412. The molecule has 0 saturated carbocycles. The minimum absolute atomic E-state index is 0.0337. The first kappa shape index (κ1) is 18.3.